The largest absolute Gasteiger partial charge is 0.357 e. The molecule has 28 heavy (non-hydrogen) atoms. The van der Waals surface area contributed by atoms with E-state index in [4.69, 9.17) is 0 Å². The van der Waals surface area contributed by atoms with Crippen LogP contribution in [-0.2, 0) is 16.4 Å². The van der Waals surface area contributed by atoms with Gasteiger partial charge in [0, 0.05) is 46.0 Å². The van der Waals surface area contributed by atoms with Gasteiger partial charge >= 0.3 is 0 Å². The number of halogens is 1. The molecule has 3 heterocycles. The van der Waals surface area contributed by atoms with E-state index in [-0.39, 0.29) is 29.7 Å². The lowest BCUT2D eigenvalue weighted by Crippen LogP contribution is -2.57. The van der Waals surface area contributed by atoms with Gasteiger partial charge in [0.25, 0.3) is 0 Å². The van der Waals surface area contributed by atoms with Crippen LogP contribution in [0.1, 0.15) is 38.7 Å². The average molecular weight is 521 g/mol. The van der Waals surface area contributed by atoms with Crippen LogP contribution < -0.4 is 10.2 Å². The van der Waals surface area contributed by atoms with E-state index in [9.17, 15) is 8.42 Å². The second-order valence-corrected chi connectivity index (χ2v) is 10.7. The Morgan fingerprint density at radius 2 is 1.93 bits per heavy atom. The summed E-state index contributed by atoms with van der Waals surface area (Å²) in [5.41, 5.74) is 1.08. The van der Waals surface area contributed by atoms with E-state index in [1.165, 1.54) is 19.3 Å². The monoisotopic (exact) mass is 521 g/mol. The van der Waals surface area contributed by atoms with Crippen molar-refractivity contribution in [2.75, 3.05) is 43.9 Å². The topological polar surface area (TPSA) is 77.9 Å². The van der Waals surface area contributed by atoms with Crippen molar-refractivity contribution < 1.29 is 8.42 Å². The van der Waals surface area contributed by atoms with E-state index in [2.05, 4.69) is 32.3 Å². The number of nitrogens with one attached hydrogen (secondary N) is 1. The Hall–Kier alpha value is -1.10. The highest BCUT2D eigenvalue weighted by Gasteiger charge is 2.40. The molecule has 0 spiro atoms. The Balaban J connectivity index is 0.00000280. The number of anilines is 1. The minimum absolute atomic E-state index is 0. The molecule has 158 valence electrons. The van der Waals surface area contributed by atoms with Crippen molar-refractivity contribution in [3.05, 3.63) is 23.9 Å². The zero-order valence-electron chi connectivity index (χ0n) is 17.0. The lowest BCUT2D eigenvalue weighted by Gasteiger charge is -2.39. The fraction of sp³-hybridized carbons (Fsp3) is 0.684. The lowest BCUT2D eigenvalue weighted by molar-refractivity contribution is 0.353. The van der Waals surface area contributed by atoms with Crippen molar-refractivity contribution in [3.63, 3.8) is 0 Å². The van der Waals surface area contributed by atoms with Crippen molar-refractivity contribution >= 4 is 45.6 Å². The number of piperidine rings is 1. The Morgan fingerprint density at radius 1 is 1.21 bits per heavy atom. The van der Waals surface area contributed by atoms with Crippen LogP contribution in [0.3, 0.4) is 0 Å². The van der Waals surface area contributed by atoms with E-state index in [0.29, 0.717) is 19.6 Å². The number of hydrogen-bond acceptors (Lipinski definition) is 5. The third-order valence-corrected chi connectivity index (χ3v) is 8.03. The van der Waals surface area contributed by atoms with Crippen LogP contribution in [0, 0.1) is 0 Å². The summed E-state index contributed by atoms with van der Waals surface area (Å²) in [7, 11) is -1.33. The average Bonchev–Trinajstić information content (AvgIpc) is 2.66. The first-order valence-corrected chi connectivity index (χ1v) is 11.4. The fourth-order valence-corrected chi connectivity index (χ4v) is 5.04. The first kappa shape index (κ1) is 23.2. The maximum Gasteiger partial charge on any atom is 0.193 e. The molecular formula is C19H32IN5O2S. The molecule has 0 aliphatic carbocycles. The second kappa shape index (κ2) is 9.60. The Labute approximate surface area is 185 Å². The SMILES string of the molecule is CN=C(NCc1ccc(N2CCCCC2)nc1)N1CCS(=O)(=O)C(C)(C)C1.I. The molecule has 0 radical (unpaired) electrons. The van der Waals surface area contributed by atoms with E-state index >= 15 is 0 Å². The third-order valence-electron chi connectivity index (χ3n) is 5.49. The Kier molecular flexibility index (Phi) is 7.95. The summed E-state index contributed by atoms with van der Waals surface area (Å²) in [4.78, 5) is 13.3. The summed E-state index contributed by atoms with van der Waals surface area (Å²) in [6.07, 6.45) is 5.70. The van der Waals surface area contributed by atoms with E-state index in [1.54, 1.807) is 20.9 Å². The van der Waals surface area contributed by atoms with Gasteiger partial charge in [-0.25, -0.2) is 13.4 Å². The normalized spacial score (nSPS) is 21.8. The van der Waals surface area contributed by atoms with Gasteiger partial charge in [-0.05, 0) is 44.7 Å². The predicted molar refractivity (Wildman–Crippen MR) is 125 cm³/mol. The number of aromatic nitrogens is 1. The van der Waals surface area contributed by atoms with Gasteiger partial charge in [-0.2, -0.15) is 0 Å². The van der Waals surface area contributed by atoms with Crippen molar-refractivity contribution in [2.24, 2.45) is 4.99 Å². The van der Waals surface area contributed by atoms with Gasteiger partial charge < -0.3 is 15.1 Å². The van der Waals surface area contributed by atoms with Gasteiger partial charge in [0.2, 0.25) is 0 Å². The summed E-state index contributed by atoms with van der Waals surface area (Å²) in [6.45, 7) is 7.27. The maximum absolute atomic E-state index is 12.2. The highest BCUT2D eigenvalue weighted by molar-refractivity contribution is 14.0. The van der Waals surface area contributed by atoms with Gasteiger partial charge in [0.05, 0.1) is 10.5 Å². The van der Waals surface area contributed by atoms with Crippen LogP contribution in [0.2, 0.25) is 0 Å². The van der Waals surface area contributed by atoms with Gasteiger partial charge in [-0.3, -0.25) is 4.99 Å². The number of pyridine rings is 1. The molecule has 0 saturated carbocycles. The van der Waals surface area contributed by atoms with Gasteiger partial charge in [-0.15, -0.1) is 24.0 Å². The molecule has 1 N–H and O–H groups in total. The summed E-state index contributed by atoms with van der Waals surface area (Å²) < 4.78 is 23.6. The Bertz CT molecular complexity index is 774. The zero-order chi connectivity index (χ0) is 19.5. The smallest absolute Gasteiger partial charge is 0.193 e. The van der Waals surface area contributed by atoms with Gasteiger partial charge in [0.15, 0.2) is 15.8 Å². The second-order valence-electron chi connectivity index (χ2n) is 7.97. The van der Waals surface area contributed by atoms with Crippen LogP contribution >= 0.6 is 24.0 Å². The minimum atomic E-state index is -3.06. The number of sulfone groups is 1. The van der Waals surface area contributed by atoms with Crippen molar-refractivity contribution in [3.8, 4) is 0 Å². The van der Waals surface area contributed by atoms with Crippen molar-refractivity contribution in [1.82, 2.24) is 15.2 Å². The fourth-order valence-electron chi connectivity index (χ4n) is 3.67. The van der Waals surface area contributed by atoms with Gasteiger partial charge in [-0.1, -0.05) is 6.07 Å². The highest BCUT2D eigenvalue weighted by atomic mass is 127. The molecule has 0 unspecified atom stereocenters. The highest BCUT2D eigenvalue weighted by Crippen LogP contribution is 2.24. The van der Waals surface area contributed by atoms with E-state index < -0.39 is 14.6 Å². The summed E-state index contributed by atoms with van der Waals surface area (Å²) in [5.74, 6) is 1.94. The summed E-state index contributed by atoms with van der Waals surface area (Å²) >= 11 is 0. The molecule has 2 fully saturated rings. The van der Waals surface area contributed by atoms with Crippen LogP contribution in [0.5, 0.6) is 0 Å². The standard InChI is InChI=1S/C19H31N5O2S.HI/c1-19(2)15-24(11-12-27(19,25)26)18(20-3)22-14-16-7-8-17(21-13-16)23-9-5-4-6-10-23;/h7-8,13H,4-6,9-12,14-15H2,1-3H3,(H,20,22);1H. The maximum atomic E-state index is 12.2. The molecule has 0 bridgehead atoms. The van der Waals surface area contributed by atoms with Crippen molar-refractivity contribution in [2.45, 2.75) is 44.4 Å². The number of aliphatic imine (C=N–C) groups is 1. The van der Waals surface area contributed by atoms with Crippen LogP contribution in [0.15, 0.2) is 23.3 Å². The molecule has 7 nitrogen and oxygen atoms in total. The third kappa shape index (κ3) is 5.28. The van der Waals surface area contributed by atoms with Crippen LogP contribution in [-0.4, -0.2) is 68.0 Å². The first-order chi connectivity index (χ1) is 12.8. The van der Waals surface area contributed by atoms with Crippen LogP contribution in [0.4, 0.5) is 5.82 Å². The lowest BCUT2D eigenvalue weighted by atomic mass is 10.1. The molecule has 2 aliphatic rings. The molecule has 0 amide bonds. The number of rotatable bonds is 3. The molecule has 0 atom stereocenters. The quantitative estimate of drug-likeness (QED) is 0.374. The Morgan fingerprint density at radius 3 is 2.50 bits per heavy atom. The minimum Gasteiger partial charge on any atom is -0.357 e. The molecule has 3 rings (SSSR count). The summed E-state index contributed by atoms with van der Waals surface area (Å²) in [6, 6.07) is 4.18. The predicted octanol–water partition coefficient (Wildman–Crippen LogP) is 2.27. The molecule has 0 aromatic carbocycles. The molecular weight excluding hydrogens is 489 g/mol. The van der Waals surface area contributed by atoms with E-state index in [0.717, 1.165) is 30.4 Å². The number of hydrogen-bond donors (Lipinski definition) is 1. The molecule has 2 aliphatic heterocycles. The molecule has 9 heteroatoms. The molecule has 1 aromatic rings. The summed E-state index contributed by atoms with van der Waals surface area (Å²) in [5, 5.41) is 3.35. The number of nitrogens with zero attached hydrogens (tertiary/aromatic N) is 4. The van der Waals surface area contributed by atoms with Gasteiger partial charge in [0.1, 0.15) is 5.82 Å². The number of guanidine groups is 1. The van der Waals surface area contributed by atoms with Crippen molar-refractivity contribution in [1.29, 1.82) is 0 Å². The first-order valence-electron chi connectivity index (χ1n) is 9.70. The molecule has 1 aromatic heterocycles. The molecule has 2 saturated heterocycles. The van der Waals surface area contributed by atoms with E-state index in [1.807, 2.05) is 11.1 Å². The zero-order valence-corrected chi connectivity index (χ0v) is 20.2. The van der Waals surface area contributed by atoms with Crippen LogP contribution in [0.25, 0.3) is 0 Å².